The van der Waals surface area contributed by atoms with Crippen LogP contribution in [0.2, 0.25) is 0 Å². The SMILES string of the molecule is COCCCN(c1ccccc1[N-]c1ccc(C)cc1)c1ccccc1-c1cc(C)cc(C(C)(C)C)c1O.[CH3-].[CH3-].[Zr+3]. The van der Waals surface area contributed by atoms with Crippen LogP contribution in [-0.4, -0.2) is 25.4 Å². The fraction of sp³-hybridized carbons (Fsp3) is 0.278. The first-order valence-electron chi connectivity index (χ1n) is 13.3. The Labute approximate surface area is 267 Å². The quantitative estimate of drug-likeness (QED) is 0.148. The number of para-hydroxylation sites is 3. The minimum atomic E-state index is -0.183. The van der Waals surface area contributed by atoms with Crippen LogP contribution >= 0.6 is 0 Å². The molecular weight excluding hydrogens is 584 g/mol. The average molecular weight is 629 g/mol. The normalized spacial score (nSPS) is 10.6. The average Bonchev–Trinajstić information content (AvgIpc) is 2.89. The van der Waals surface area contributed by atoms with Gasteiger partial charge in [-0.15, -0.1) is 11.4 Å². The molecule has 0 bridgehead atoms. The van der Waals surface area contributed by atoms with Crippen molar-refractivity contribution in [3.05, 3.63) is 122 Å². The van der Waals surface area contributed by atoms with Crippen LogP contribution in [0.3, 0.4) is 0 Å². The molecule has 4 aromatic carbocycles. The molecule has 4 nitrogen and oxygen atoms in total. The van der Waals surface area contributed by atoms with E-state index in [9.17, 15) is 5.11 Å². The molecule has 0 unspecified atom stereocenters. The molecule has 4 rings (SSSR count). The van der Waals surface area contributed by atoms with Crippen molar-refractivity contribution in [2.45, 2.75) is 46.5 Å². The molecule has 41 heavy (non-hydrogen) atoms. The van der Waals surface area contributed by atoms with E-state index in [1.54, 1.807) is 7.11 Å². The first-order chi connectivity index (χ1) is 18.2. The molecule has 0 saturated heterocycles. The van der Waals surface area contributed by atoms with Crippen LogP contribution in [0.15, 0.2) is 84.9 Å². The van der Waals surface area contributed by atoms with Gasteiger partial charge in [-0.05, 0) is 49.4 Å². The molecular formula is C36H45N2O2Zr. The van der Waals surface area contributed by atoms with Crippen LogP contribution in [0, 0.1) is 28.7 Å². The third-order valence-electron chi connectivity index (χ3n) is 6.73. The maximum atomic E-state index is 11.5. The van der Waals surface area contributed by atoms with E-state index in [1.807, 2.05) is 24.3 Å². The van der Waals surface area contributed by atoms with Gasteiger partial charge in [0, 0.05) is 48.3 Å². The Morgan fingerprint density at radius 2 is 1.39 bits per heavy atom. The van der Waals surface area contributed by atoms with Gasteiger partial charge < -0.3 is 34.9 Å². The summed E-state index contributed by atoms with van der Waals surface area (Å²) in [5.41, 5.74) is 8.78. The first-order valence-corrected chi connectivity index (χ1v) is 13.3. The fourth-order valence-corrected chi connectivity index (χ4v) is 4.78. The molecule has 0 saturated carbocycles. The molecule has 0 spiro atoms. The summed E-state index contributed by atoms with van der Waals surface area (Å²) >= 11 is 0. The Morgan fingerprint density at radius 3 is 2.02 bits per heavy atom. The van der Waals surface area contributed by atoms with Gasteiger partial charge in [-0.3, -0.25) is 0 Å². The largest absolute Gasteiger partial charge is 3.00 e. The van der Waals surface area contributed by atoms with Gasteiger partial charge >= 0.3 is 26.2 Å². The summed E-state index contributed by atoms with van der Waals surface area (Å²) in [6.45, 7) is 12.0. The van der Waals surface area contributed by atoms with Crippen molar-refractivity contribution < 1.29 is 36.0 Å². The molecule has 0 heterocycles. The van der Waals surface area contributed by atoms with Gasteiger partial charge in [0.1, 0.15) is 5.75 Å². The van der Waals surface area contributed by atoms with E-state index < -0.39 is 0 Å². The number of methoxy groups -OCH3 is 1. The van der Waals surface area contributed by atoms with Crippen LogP contribution in [0.25, 0.3) is 16.4 Å². The number of aryl methyl sites for hydroxylation is 2. The number of aromatic hydroxyl groups is 1. The summed E-state index contributed by atoms with van der Waals surface area (Å²) in [7, 11) is 1.73. The number of hydrogen-bond donors (Lipinski definition) is 1. The molecule has 1 radical (unpaired) electrons. The van der Waals surface area contributed by atoms with Crippen molar-refractivity contribution in [3.63, 3.8) is 0 Å². The van der Waals surface area contributed by atoms with Crippen LogP contribution in [0.5, 0.6) is 5.75 Å². The van der Waals surface area contributed by atoms with E-state index in [-0.39, 0.29) is 46.5 Å². The van der Waals surface area contributed by atoms with Crippen LogP contribution in [0.1, 0.15) is 43.9 Å². The molecule has 4 aromatic rings. The van der Waals surface area contributed by atoms with Crippen LogP contribution in [-0.2, 0) is 36.4 Å². The van der Waals surface area contributed by atoms with Gasteiger partial charge in [0.25, 0.3) is 0 Å². The van der Waals surface area contributed by atoms with Gasteiger partial charge in [0.15, 0.2) is 0 Å². The van der Waals surface area contributed by atoms with Crippen molar-refractivity contribution >= 4 is 22.7 Å². The number of phenolic OH excluding ortho intramolecular Hbond substituents is 1. The number of phenols is 1. The van der Waals surface area contributed by atoms with Crippen LogP contribution in [0.4, 0.5) is 22.7 Å². The second-order valence-electron chi connectivity index (χ2n) is 10.9. The van der Waals surface area contributed by atoms with Crippen molar-refractivity contribution in [1.29, 1.82) is 0 Å². The molecule has 0 aliphatic heterocycles. The van der Waals surface area contributed by atoms with E-state index in [0.29, 0.717) is 12.4 Å². The van der Waals surface area contributed by atoms with Gasteiger partial charge in [-0.2, -0.15) is 0 Å². The Bertz CT molecular complexity index is 1380. The van der Waals surface area contributed by atoms with Gasteiger partial charge in [-0.25, -0.2) is 0 Å². The second kappa shape index (κ2) is 15.9. The number of hydrogen-bond acceptors (Lipinski definition) is 3. The minimum Gasteiger partial charge on any atom is -0.656 e. The fourth-order valence-electron chi connectivity index (χ4n) is 4.78. The maximum absolute atomic E-state index is 11.5. The third-order valence-corrected chi connectivity index (χ3v) is 6.73. The Morgan fingerprint density at radius 1 is 0.780 bits per heavy atom. The molecule has 0 atom stereocenters. The van der Waals surface area contributed by atoms with Crippen molar-refractivity contribution in [1.82, 2.24) is 0 Å². The summed E-state index contributed by atoms with van der Waals surface area (Å²) in [6, 6.07) is 29.0. The Hall–Kier alpha value is -2.88. The molecule has 215 valence electrons. The zero-order chi connectivity index (χ0) is 27.3. The van der Waals surface area contributed by atoms with Crippen molar-refractivity contribution in [2.24, 2.45) is 0 Å². The van der Waals surface area contributed by atoms with E-state index in [2.05, 4.69) is 100 Å². The zero-order valence-corrected chi connectivity index (χ0v) is 28.4. The predicted molar refractivity (Wildman–Crippen MR) is 174 cm³/mol. The summed E-state index contributed by atoms with van der Waals surface area (Å²) in [5.74, 6) is 0.338. The standard InChI is InChI=1S/C34H39N2O2.2CH3.Zr/c1-24-16-18-26(19-17-24)35-30-13-8-10-15-32(30)36(20-11-21-38-6)31-14-9-7-12-27(31)28-22-25(2)23-29(33(28)37)34(3,4)5;;;/h7-10,12-19,22-23,37H,11,20-21H2,1-6H3;2*1H3;/q3*-1;+3. The van der Waals surface area contributed by atoms with E-state index >= 15 is 0 Å². The molecule has 5 heteroatoms. The van der Waals surface area contributed by atoms with Crippen molar-refractivity contribution in [3.8, 4) is 16.9 Å². The Balaban J connectivity index is 0.00000280. The molecule has 0 aromatic heterocycles. The van der Waals surface area contributed by atoms with E-state index in [0.717, 1.165) is 58.0 Å². The van der Waals surface area contributed by atoms with E-state index in [4.69, 9.17) is 10.1 Å². The minimum absolute atomic E-state index is 0. The number of anilines is 2. The predicted octanol–water partition coefficient (Wildman–Crippen LogP) is 10.4. The summed E-state index contributed by atoms with van der Waals surface area (Å²) in [6.07, 6.45) is 0.844. The van der Waals surface area contributed by atoms with Crippen molar-refractivity contribution in [2.75, 3.05) is 25.2 Å². The van der Waals surface area contributed by atoms with Gasteiger partial charge in [-0.1, -0.05) is 93.1 Å². The molecule has 1 N–H and O–H groups in total. The molecule has 0 amide bonds. The summed E-state index contributed by atoms with van der Waals surface area (Å²) in [4.78, 5) is 2.31. The van der Waals surface area contributed by atoms with E-state index in [1.165, 1.54) is 5.56 Å². The molecule has 0 fully saturated rings. The van der Waals surface area contributed by atoms with Crippen LogP contribution < -0.4 is 4.90 Å². The first kappa shape index (κ1) is 36.1. The smallest absolute Gasteiger partial charge is 0.656 e. The summed E-state index contributed by atoms with van der Waals surface area (Å²) < 4.78 is 5.41. The summed E-state index contributed by atoms with van der Waals surface area (Å²) in [5, 5.41) is 16.5. The third kappa shape index (κ3) is 8.80. The van der Waals surface area contributed by atoms with Gasteiger partial charge in [0.05, 0.1) is 0 Å². The monoisotopic (exact) mass is 627 g/mol. The topological polar surface area (TPSA) is 46.8 Å². The zero-order valence-electron chi connectivity index (χ0n) is 26.0. The number of benzene rings is 4. The number of ether oxygens (including phenoxy) is 1. The maximum Gasteiger partial charge on any atom is 3.00 e. The molecule has 0 aliphatic carbocycles. The second-order valence-corrected chi connectivity index (χ2v) is 10.9. The number of rotatable bonds is 9. The van der Waals surface area contributed by atoms with Gasteiger partial charge in [0.2, 0.25) is 0 Å². The number of nitrogens with zero attached hydrogens (tertiary/aromatic N) is 2. The molecule has 0 aliphatic rings. The Kier molecular flexibility index (Phi) is 14.1.